The van der Waals surface area contributed by atoms with Crippen molar-refractivity contribution in [1.82, 2.24) is 20.3 Å². The third-order valence-corrected chi connectivity index (χ3v) is 4.24. The van der Waals surface area contributed by atoms with Crippen LogP contribution in [0.4, 0.5) is 4.39 Å². The van der Waals surface area contributed by atoms with Crippen LogP contribution in [0.15, 0.2) is 36.5 Å². The maximum absolute atomic E-state index is 14.1. The lowest BCUT2D eigenvalue weighted by molar-refractivity contribution is 0.0946. The Bertz CT molecular complexity index is 933. The van der Waals surface area contributed by atoms with E-state index in [2.05, 4.69) is 20.3 Å². The first-order valence-corrected chi connectivity index (χ1v) is 7.79. The molecule has 0 saturated heterocycles. The van der Waals surface area contributed by atoms with E-state index < -0.39 is 5.82 Å². The van der Waals surface area contributed by atoms with Crippen LogP contribution in [0, 0.1) is 5.82 Å². The standard InChI is InChI=1S/C17H12ClFN4O/c18-10-2-1-3-11(19)15(10)16-20-6-5-13(23-16)14-8-9-12(22-14)4-7-21-17(9)24/h1-3,5-6,8,22H,4,7H2,(H,21,24). The van der Waals surface area contributed by atoms with Crippen molar-refractivity contribution >= 4 is 17.5 Å². The minimum Gasteiger partial charge on any atom is -0.356 e. The predicted molar refractivity (Wildman–Crippen MR) is 88.3 cm³/mol. The molecule has 120 valence electrons. The van der Waals surface area contributed by atoms with Crippen LogP contribution in [0.2, 0.25) is 5.02 Å². The summed E-state index contributed by atoms with van der Waals surface area (Å²) >= 11 is 6.08. The van der Waals surface area contributed by atoms with Gasteiger partial charge in [-0.15, -0.1) is 0 Å². The molecule has 0 fully saturated rings. The van der Waals surface area contributed by atoms with Gasteiger partial charge in [0.15, 0.2) is 5.82 Å². The number of amides is 1. The van der Waals surface area contributed by atoms with Crippen molar-refractivity contribution in [2.24, 2.45) is 0 Å². The molecule has 24 heavy (non-hydrogen) atoms. The Morgan fingerprint density at radius 2 is 2.12 bits per heavy atom. The Kier molecular flexibility index (Phi) is 3.54. The normalized spacial score (nSPS) is 13.5. The van der Waals surface area contributed by atoms with E-state index in [1.165, 1.54) is 12.1 Å². The van der Waals surface area contributed by atoms with Gasteiger partial charge in [-0.05, 0) is 24.3 Å². The number of fused-ring (bicyclic) bond motifs is 1. The van der Waals surface area contributed by atoms with Crippen LogP contribution in [-0.4, -0.2) is 27.4 Å². The fourth-order valence-electron chi connectivity index (χ4n) is 2.77. The molecule has 3 heterocycles. The zero-order chi connectivity index (χ0) is 16.7. The highest BCUT2D eigenvalue weighted by molar-refractivity contribution is 6.33. The van der Waals surface area contributed by atoms with Crippen molar-refractivity contribution in [3.8, 4) is 22.8 Å². The van der Waals surface area contributed by atoms with E-state index in [0.29, 0.717) is 23.5 Å². The van der Waals surface area contributed by atoms with Crippen molar-refractivity contribution in [3.63, 3.8) is 0 Å². The van der Waals surface area contributed by atoms with Gasteiger partial charge in [-0.3, -0.25) is 4.79 Å². The van der Waals surface area contributed by atoms with Crippen LogP contribution in [0.3, 0.4) is 0 Å². The molecule has 0 unspecified atom stereocenters. The van der Waals surface area contributed by atoms with Crippen LogP contribution in [0.1, 0.15) is 16.1 Å². The highest BCUT2D eigenvalue weighted by Crippen LogP contribution is 2.29. The largest absolute Gasteiger partial charge is 0.356 e. The lowest BCUT2D eigenvalue weighted by Gasteiger charge is -2.10. The van der Waals surface area contributed by atoms with Gasteiger partial charge in [-0.25, -0.2) is 14.4 Å². The minimum atomic E-state index is -0.482. The number of H-pyrrole nitrogens is 1. The Hall–Kier alpha value is -2.73. The fourth-order valence-corrected chi connectivity index (χ4v) is 3.02. The number of rotatable bonds is 2. The lowest BCUT2D eigenvalue weighted by atomic mass is 10.1. The molecule has 3 aromatic rings. The van der Waals surface area contributed by atoms with Gasteiger partial charge in [-0.2, -0.15) is 0 Å². The van der Waals surface area contributed by atoms with E-state index >= 15 is 0 Å². The van der Waals surface area contributed by atoms with E-state index in [-0.39, 0.29) is 22.3 Å². The van der Waals surface area contributed by atoms with E-state index in [4.69, 9.17) is 11.6 Å². The van der Waals surface area contributed by atoms with Crippen molar-refractivity contribution in [2.45, 2.75) is 6.42 Å². The predicted octanol–water partition coefficient (Wildman–Crippen LogP) is 3.22. The number of nitrogens with one attached hydrogen (secondary N) is 2. The molecule has 0 aliphatic carbocycles. The number of halogens is 2. The summed E-state index contributed by atoms with van der Waals surface area (Å²) in [7, 11) is 0. The number of aromatic nitrogens is 3. The number of aromatic amines is 1. The molecule has 2 N–H and O–H groups in total. The molecule has 1 aromatic carbocycles. The zero-order valence-corrected chi connectivity index (χ0v) is 13.2. The maximum atomic E-state index is 14.1. The molecule has 1 aliphatic rings. The molecular weight excluding hydrogens is 331 g/mol. The fraction of sp³-hybridized carbons (Fsp3) is 0.118. The third kappa shape index (κ3) is 2.45. The van der Waals surface area contributed by atoms with Crippen LogP contribution in [0.25, 0.3) is 22.8 Å². The molecule has 7 heteroatoms. The van der Waals surface area contributed by atoms with E-state index in [1.54, 1.807) is 24.4 Å². The van der Waals surface area contributed by atoms with Crippen LogP contribution < -0.4 is 5.32 Å². The summed E-state index contributed by atoms with van der Waals surface area (Å²) in [6.45, 7) is 0.603. The second-order valence-corrected chi connectivity index (χ2v) is 5.85. The highest BCUT2D eigenvalue weighted by atomic mass is 35.5. The summed E-state index contributed by atoms with van der Waals surface area (Å²) in [5.41, 5.74) is 2.91. The van der Waals surface area contributed by atoms with E-state index in [1.807, 2.05) is 0 Å². The van der Waals surface area contributed by atoms with Gasteiger partial charge in [0.25, 0.3) is 5.91 Å². The topological polar surface area (TPSA) is 70.7 Å². The average molecular weight is 343 g/mol. The van der Waals surface area contributed by atoms with E-state index in [9.17, 15) is 9.18 Å². The smallest absolute Gasteiger partial charge is 0.253 e. The first-order valence-electron chi connectivity index (χ1n) is 7.41. The van der Waals surface area contributed by atoms with Crippen molar-refractivity contribution < 1.29 is 9.18 Å². The Morgan fingerprint density at radius 1 is 1.25 bits per heavy atom. The SMILES string of the molecule is O=C1NCCc2[nH]c(-c3ccnc(-c4c(F)cccc4Cl)n3)cc21. The van der Waals surface area contributed by atoms with Gasteiger partial charge in [0.2, 0.25) is 0 Å². The molecule has 1 aliphatic heterocycles. The number of hydrogen-bond acceptors (Lipinski definition) is 3. The Morgan fingerprint density at radius 3 is 2.92 bits per heavy atom. The van der Waals surface area contributed by atoms with Crippen molar-refractivity contribution in [1.29, 1.82) is 0 Å². The van der Waals surface area contributed by atoms with Gasteiger partial charge in [-0.1, -0.05) is 17.7 Å². The summed E-state index contributed by atoms with van der Waals surface area (Å²) in [4.78, 5) is 23.6. The highest BCUT2D eigenvalue weighted by Gasteiger charge is 2.21. The second-order valence-electron chi connectivity index (χ2n) is 5.44. The van der Waals surface area contributed by atoms with Crippen LogP contribution in [-0.2, 0) is 6.42 Å². The third-order valence-electron chi connectivity index (χ3n) is 3.92. The van der Waals surface area contributed by atoms with Gasteiger partial charge in [0.1, 0.15) is 5.82 Å². The van der Waals surface area contributed by atoms with Crippen LogP contribution in [0.5, 0.6) is 0 Å². The number of benzene rings is 1. The average Bonchev–Trinajstić information content (AvgIpc) is 3.01. The summed E-state index contributed by atoms with van der Waals surface area (Å²) < 4.78 is 14.1. The molecule has 0 atom stereocenters. The number of carbonyl (C=O) groups is 1. The molecule has 0 bridgehead atoms. The van der Waals surface area contributed by atoms with Gasteiger partial charge in [0.05, 0.1) is 27.5 Å². The molecular formula is C17H12ClFN4O. The molecule has 0 saturated carbocycles. The van der Waals surface area contributed by atoms with Gasteiger partial charge in [0, 0.05) is 24.9 Å². The van der Waals surface area contributed by atoms with Crippen LogP contribution >= 0.6 is 11.6 Å². The first-order chi connectivity index (χ1) is 11.6. The lowest BCUT2D eigenvalue weighted by Crippen LogP contribution is -2.31. The second kappa shape index (κ2) is 5.72. The van der Waals surface area contributed by atoms with Crippen molar-refractivity contribution in [2.75, 3.05) is 6.54 Å². The number of hydrogen-bond donors (Lipinski definition) is 2. The van der Waals surface area contributed by atoms with E-state index in [0.717, 1.165) is 12.1 Å². The summed E-state index contributed by atoms with van der Waals surface area (Å²) in [5.74, 6) is -0.386. The quantitative estimate of drug-likeness (QED) is 0.751. The molecule has 5 nitrogen and oxygen atoms in total. The Balaban J connectivity index is 1.80. The number of nitrogens with zero attached hydrogens (tertiary/aromatic N) is 2. The molecule has 2 aromatic heterocycles. The monoisotopic (exact) mass is 342 g/mol. The van der Waals surface area contributed by atoms with Crippen molar-refractivity contribution in [3.05, 3.63) is 58.6 Å². The van der Waals surface area contributed by atoms with Gasteiger partial charge < -0.3 is 10.3 Å². The first kappa shape index (κ1) is 14.8. The molecule has 1 amide bonds. The zero-order valence-electron chi connectivity index (χ0n) is 12.4. The molecule has 4 rings (SSSR count). The van der Waals surface area contributed by atoms with Gasteiger partial charge >= 0.3 is 0 Å². The summed E-state index contributed by atoms with van der Waals surface area (Å²) in [6, 6.07) is 7.89. The Labute approximate surface area is 141 Å². The number of carbonyl (C=O) groups excluding carboxylic acids is 1. The minimum absolute atomic E-state index is 0.106. The molecule has 0 radical (unpaired) electrons. The molecule has 0 spiro atoms. The summed E-state index contributed by atoms with van der Waals surface area (Å²) in [6.07, 6.45) is 2.28. The maximum Gasteiger partial charge on any atom is 0.253 e. The summed E-state index contributed by atoms with van der Waals surface area (Å²) in [5, 5.41) is 3.04.